The molecule has 12 heavy (non-hydrogen) atoms. The third kappa shape index (κ3) is 2.13. The minimum Gasteiger partial charge on any atom is -0.291 e. The maximum absolute atomic E-state index is 10.0. The smallest absolute Gasteiger partial charge is 0.203 e. The molecule has 0 spiro atoms. The van der Waals surface area contributed by atoms with Gasteiger partial charge in [-0.2, -0.15) is 0 Å². The first-order chi connectivity index (χ1) is 5.65. The molecular formula is C8H4Cl3O. The van der Waals surface area contributed by atoms with E-state index in [1.165, 1.54) is 0 Å². The molecule has 0 saturated carbocycles. The Balaban J connectivity index is 3.11. The molecule has 1 aromatic rings. The van der Waals surface area contributed by atoms with E-state index < -0.39 is 0 Å². The fraction of sp³-hybridized carbons (Fsp3) is 0.125. The fourth-order valence-corrected chi connectivity index (χ4v) is 1.43. The molecule has 0 unspecified atom stereocenters. The van der Waals surface area contributed by atoms with Crippen molar-refractivity contribution in [1.29, 1.82) is 0 Å². The molecule has 0 fully saturated rings. The molecule has 1 radical (unpaired) electrons. The number of halogens is 3. The van der Waals surface area contributed by atoms with Crippen LogP contribution >= 0.6 is 34.8 Å². The van der Waals surface area contributed by atoms with Crippen molar-refractivity contribution in [2.45, 2.75) is 6.42 Å². The quantitative estimate of drug-likeness (QED) is 0.702. The summed E-state index contributed by atoms with van der Waals surface area (Å²) in [5.41, 5.74) is 0.712. The zero-order chi connectivity index (χ0) is 9.14. The zero-order valence-corrected chi connectivity index (χ0v) is 8.17. The predicted octanol–water partition coefficient (Wildman–Crippen LogP) is 3.30. The molecule has 0 heterocycles. The minimum absolute atomic E-state index is 0.177. The van der Waals surface area contributed by atoms with Crippen LogP contribution in [0.2, 0.25) is 15.1 Å². The summed E-state index contributed by atoms with van der Waals surface area (Å²) in [6.07, 6.45) is 1.92. The Morgan fingerprint density at radius 2 is 1.67 bits per heavy atom. The molecule has 1 aromatic carbocycles. The summed E-state index contributed by atoms with van der Waals surface area (Å²) in [7, 11) is 0. The number of carbonyl (C=O) groups excluding carboxylic acids is 1. The molecule has 0 aliphatic heterocycles. The van der Waals surface area contributed by atoms with Crippen LogP contribution in [0.4, 0.5) is 0 Å². The first kappa shape index (κ1) is 9.85. The second kappa shape index (κ2) is 4.13. The Morgan fingerprint density at radius 1 is 1.17 bits per heavy atom. The lowest BCUT2D eigenvalue weighted by atomic mass is 10.2. The summed E-state index contributed by atoms with van der Waals surface area (Å²) < 4.78 is 0. The molecule has 4 heteroatoms. The standard InChI is InChI=1S/C8H4Cl3O/c9-6-3-5(1-2-12)4-7(10)8(6)11/h3-4H,1H2. The highest BCUT2D eigenvalue weighted by atomic mass is 35.5. The molecule has 0 aliphatic carbocycles. The van der Waals surface area contributed by atoms with Gasteiger partial charge in [0.25, 0.3) is 0 Å². The van der Waals surface area contributed by atoms with E-state index in [2.05, 4.69) is 0 Å². The van der Waals surface area contributed by atoms with Gasteiger partial charge in [-0.15, -0.1) is 0 Å². The van der Waals surface area contributed by atoms with Crippen molar-refractivity contribution in [2.75, 3.05) is 0 Å². The van der Waals surface area contributed by atoms with Gasteiger partial charge in [0.15, 0.2) is 0 Å². The normalized spacial score (nSPS) is 9.92. The highest BCUT2D eigenvalue weighted by Crippen LogP contribution is 2.30. The van der Waals surface area contributed by atoms with Crippen LogP contribution < -0.4 is 0 Å². The second-order valence-electron chi connectivity index (χ2n) is 2.19. The lowest BCUT2D eigenvalue weighted by Gasteiger charge is -2.01. The van der Waals surface area contributed by atoms with E-state index in [1.54, 1.807) is 18.4 Å². The van der Waals surface area contributed by atoms with Gasteiger partial charge in [-0.05, 0) is 17.7 Å². The van der Waals surface area contributed by atoms with Gasteiger partial charge in [0.1, 0.15) is 0 Å². The van der Waals surface area contributed by atoms with Gasteiger partial charge in [-0.1, -0.05) is 34.8 Å². The molecule has 0 amide bonds. The Labute approximate surface area is 85.2 Å². The lowest BCUT2D eigenvalue weighted by molar-refractivity contribution is 0.555. The van der Waals surface area contributed by atoms with Crippen molar-refractivity contribution < 1.29 is 4.79 Å². The number of rotatable bonds is 2. The van der Waals surface area contributed by atoms with E-state index in [0.29, 0.717) is 20.6 Å². The van der Waals surface area contributed by atoms with Gasteiger partial charge in [0, 0.05) is 6.42 Å². The summed E-state index contributed by atoms with van der Waals surface area (Å²) in [6, 6.07) is 3.20. The molecule has 63 valence electrons. The van der Waals surface area contributed by atoms with Crippen molar-refractivity contribution in [1.82, 2.24) is 0 Å². The first-order valence-corrected chi connectivity index (χ1v) is 4.27. The van der Waals surface area contributed by atoms with Crippen LogP contribution in [0.1, 0.15) is 5.56 Å². The van der Waals surface area contributed by atoms with Gasteiger partial charge in [-0.3, -0.25) is 4.79 Å². The van der Waals surface area contributed by atoms with Crippen LogP contribution in [-0.2, 0) is 11.2 Å². The fourth-order valence-electron chi connectivity index (χ4n) is 0.793. The summed E-state index contributed by atoms with van der Waals surface area (Å²) in [5, 5.41) is 1.02. The zero-order valence-electron chi connectivity index (χ0n) is 5.90. The summed E-state index contributed by atoms with van der Waals surface area (Å²) in [4.78, 5) is 10.0. The third-order valence-corrected chi connectivity index (χ3v) is 2.52. The summed E-state index contributed by atoms with van der Waals surface area (Å²) >= 11 is 17.1. The Kier molecular flexibility index (Phi) is 3.39. The van der Waals surface area contributed by atoms with E-state index in [0.717, 1.165) is 0 Å². The topological polar surface area (TPSA) is 17.1 Å². The molecule has 0 N–H and O–H groups in total. The summed E-state index contributed by atoms with van der Waals surface area (Å²) in [5.74, 6) is 0. The molecule has 0 saturated heterocycles. The lowest BCUT2D eigenvalue weighted by Crippen LogP contribution is -1.86. The molecule has 0 aromatic heterocycles. The molecule has 1 rings (SSSR count). The van der Waals surface area contributed by atoms with Crippen molar-refractivity contribution in [3.63, 3.8) is 0 Å². The number of hydrogen-bond acceptors (Lipinski definition) is 1. The van der Waals surface area contributed by atoms with Gasteiger partial charge < -0.3 is 0 Å². The first-order valence-electron chi connectivity index (χ1n) is 3.13. The van der Waals surface area contributed by atoms with Crippen LogP contribution in [0.15, 0.2) is 12.1 Å². The maximum Gasteiger partial charge on any atom is 0.203 e. The Bertz CT molecular complexity index is 286. The Hall–Kier alpha value is -0.240. The number of benzene rings is 1. The Morgan fingerprint density at radius 3 is 2.08 bits per heavy atom. The second-order valence-corrected chi connectivity index (χ2v) is 3.39. The van der Waals surface area contributed by atoms with E-state index in [1.807, 2.05) is 0 Å². The van der Waals surface area contributed by atoms with Crippen LogP contribution in [0.25, 0.3) is 0 Å². The molecule has 0 aliphatic rings. The highest BCUT2D eigenvalue weighted by Gasteiger charge is 2.05. The van der Waals surface area contributed by atoms with E-state index >= 15 is 0 Å². The SMILES string of the molecule is O=[C]Cc1cc(Cl)c(Cl)c(Cl)c1. The van der Waals surface area contributed by atoms with Crippen LogP contribution in [0.5, 0.6) is 0 Å². The van der Waals surface area contributed by atoms with Crippen LogP contribution in [0.3, 0.4) is 0 Å². The van der Waals surface area contributed by atoms with Gasteiger partial charge in [0.2, 0.25) is 6.29 Å². The maximum atomic E-state index is 10.0. The van der Waals surface area contributed by atoms with Crippen molar-refractivity contribution in [2.24, 2.45) is 0 Å². The van der Waals surface area contributed by atoms with E-state index in [9.17, 15) is 4.79 Å². The number of hydrogen-bond donors (Lipinski definition) is 0. The molecular weight excluding hydrogens is 218 g/mol. The van der Waals surface area contributed by atoms with Crippen molar-refractivity contribution >= 4 is 41.1 Å². The summed E-state index contributed by atoms with van der Waals surface area (Å²) in [6.45, 7) is 0. The molecule has 1 nitrogen and oxygen atoms in total. The van der Waals surface area contributed by atoms with Crippen molar-refractivity contribution in [3.8, 4) is 0 Å². The van der Waals surface area contributed by atoms with Gasteiger partial charge >= 0.3 is 0 Å². The third-order valence-electron chi connectivity index (χ3n) is 1.32. The van der Waals surface area contributed by atoms with Crippen LogP contribution in [0, 0.1) is 0 Å². The van der Waals surface area contributed by atoms with Crippen molar-refractivity contribution in [3.05, 3.63) is 32.8 Å². The van der Waals surface area contributed by atoms with Gasteiger partial charge in [0.05, 0.1) is 15.1 Å². The highest BCUT2D eigenvalue weighted by molar-refractivity contribution is 6.48. The average Bonchev–Trinajstić information content (AvgIpc) is 2.01. The van der Waals surface area contributed by atoms with Gasteiger partial charge in [-0.25, -0.2) is 0 Å². The van der Waals surface area contributed by atoms with E-state index in [4.69, 9.17) is 34.8 Å². The monoisotopic (exact) mass is 221 g/mol. The van der Waals surface area contributed by atoms with E-state index in [-0.39, 0.29) is 6.42 Å². The average molecular weight is 222 g/mol. The minimum atomic E-state index is 0.177. The largest absolute Gasteiger partial charge is 0.291 e. The van der Waals surface area contributed by atoms with Crippen LogP contribution in [-0.4, -0.2) is 6.29 Å². The predicted molar refractivity (Wildman–Crippen MR) is 50.9 cm³/mol. The molecule has 0 atom stereocenters. The molecule has 0 bridgehead atoms.